The highest BCUT2D eigenvalue weighted by molar-refractivity contribution is 5.93. The molecule has 0 bridgehead atoms. The maximum absolute atomic E-state index is 12.9. The number of likely N-dealkylation sites (N-methyl/N-ethyl adjacent to an activating group) is 1. The fourth-order valence-corrected chi connectivity index (χ4v) is 2.72. The zero-order chi connectivity index (χ0) is 17.7. The van der Waals surface area contributed by atoms with Gasteiger partial charge in [-0.1, -0.05) is 44.2 Å². The Morgan fingerprint density at radius 2 is 1.83 bits per heavy atom. The predicted molar refractivity (Wildman–Crippen MR) is 96.6 cm³/mol. The van der Waals surface area contributed by atoms with Crippen molar-refractivity contribution in [2.24, 2.45) is 0 Å². The molecule has 0 fully saturated rings. The van der Waals surface area contributed by atoms with Crippen molar-refractivity contribution in [2.45, 2.75) is 33.2 Å². The van der Waals surface area contributed by atoms with Gasteiger partial charge in [0.15, 0.2) is 0 Å². The number of hydrogen-bond acceptors (Lipinski definition) is 2. The number of benzene rings is 2. The summed E-state index contributed by atoms with van der Waals surface area (Å²) in [6.45, 7) is 7.11. The number of halogens is 1. The van der Waals surface area contributed by atoms with Crippen LogP contribution >= 0.6 is 0 Å². The van der Waals surface area contributed by atoms with Gasteiger partial charge in [0.2, 0.25) is 5.91 Å². The van der Waals surface area contributed by atoms with E-state index in [1.54, 1.807) is 12.1 Å². The van der Waals surface area contributed by atoms with Crippen molar-refractivity contribution in [3.05, 3.63) is 65.0 Å². The number of nitrogens with one attached hydrogen (secondary N) is 1. The summed E-state index contributed by atoms with van der Waals surface area (Å²) in [6.07, 6.45) is 0. The molecule has 1 amide bonds. The van der Waals surface area contributed by atoms with Crippen molar-refractivity contribution in [3.8, 4) is 0 Å². The second-order valence-electron chi connectivity index (χ2n) is 6.54. The molecule has 0 aromatic heterocycles. The van der Waals surface area contributed by atoms with Gasteiger partial charge >= 0.3 is 0 Å². The first-order valence-electron chi connectivity index (χ1n) is 8.19. The van der Waals surface area contributed by atoms with E-state index in [-0.39, 0.29) is 18.3 Å². The van der Waals surface area contributed by atoms with Crippen molar-refractivity contribution in [1.82, 2.24) is 4.90 Å². The average Bonchev–Trinajstić information content (AvgIpc) is 2.51. The molecule has 2 aromatic carbocycles. The van der Waals surface area contributed by atoms with Gasteiger partial charge < -0.3 is 5.32 Å². The van der Waals surface area contributed by atoms with Crippen molar-refractivity contribution >= 4 is 11.6 Å². The molecule has 1 N–H and O–H groups in total. The zero-order valence-electron chi connectivity index (χ0n) is 14.8. The third-order valence-corrected chi connectivity index (χ3v) is 3.97. The number of hydrogen-bond donors (Lipinski definition) is 1. The summed E-state index contributed by atoms with van der Waals surface area (Å²) in [5.74, 6) is 0.0490. The molecular formula is C20H25FN2O. The van der Waals surface area contributed by atoms with Gasteiger partial charge in [-0.3, -0.25) is 9.69 Å². The second-order valence-corrected chi connectivity index (χ2v) is 6.54. The van der Waals surface area contributed by atoms with Gasteiger partial charge in [0, 0.05) is 12.2 Å². The van der Waals surface area contributed by atoms with Crippen LogP contribution in [0.1, 0.15) is 36.5 Å². The van der Waals surface area contributed by atoms with E-state index in [2.05, 4.69) is 25.2 Å². The highest BCUT2D eigenvalue weighted by Crippen LogP contribution is 2.27. The minimum atomic E-state index is -0.250. The van der Waals surface area contributed by atoms with E-state index >= 15 is 0 Å². The lowest BCUT2D eigenvalue weighted by atomic mass is 9.98. The van der Waals surface area contributed by atoms with Crippen LogP contribution in [0, 0.1) is 12.7 Å². The van der Waals surface area contributed by atoms with E-state index < -0.39 is 0 Å². The maximum Gasteiger partial charge on any atom is 0.238 e. The van der Waals surface area contributed by atoms with Crippen molar-refractivity contribution in [3.63, 3.8) is 0 Å². The van der Waals surface area contributed by atoms with Crippen LogP contribution in [0.15, 0.2) is 42.5 Å². The summed E-state index contributed by atoms with van der Waals surface area (Å²) < 4.78 is 12.9. The number of aryl methyl sites for hydroxylation is 1. The monoisotopic (exact) mass is 328 g/mol. The molecule has 0 aliphatic rings. The Kier molecular flexibility index (Phi) is 6.10. The summed E-state index contributed by atoms with van der Waals surface area (Å²) in [5.41, 5.74) is 4.10. The molecule has 3 nitrogen and oxygen atoms in total. The van der Waals surface area contributed by atoms with E-state index in [0.29, 0.717) is 12.5 Å². The Balaban J connectivity index is 1.99. The molecular weight excluding hydrogens is 303 g/mol. The van der Waals surface area contributed by atoms with Crippen LogP contribution in [0.5, 0.6) is 0 Å². The number of nitrogens with zero attached hydrogens (tertiary/aromatic N) is 1. The van der Waals surface area contributed by atoms with Gasteiger partial charge in [-0.25, -0.2) is 4.39 Å². The van der Waals surface area contributed by atoms with Crippen LogP contribution in [0.2, 0.25) is 0 Å². The maximum atomic E-state index is 12.9. The minimum absolute atomic E-state index is 0.0455. The lowest BCUT2D eigenvalue weighted by Crippen LogP contribution is -2.30. The summed E-state index contributed by atoms with van der Waals surface area (Å²) in [5, 5.41) is 3.05. The quantitative estimate of drug-likeness (QED) is 0.856. The van der Waals surface area contributed by atoms with Gasteiger partial charge in [-0.15, -0.1) is 0 Å². The molecule has 0 spiro atoms. The Hall–Kier alpha value is -2.20. The van der Waals surface area contributed by atoms with Gasteiger partial charge in [-0.05, 0) is 48.7 Å². The first kappa shape index (κ1) is 18.1. The van der Waals surface area contributed by atoms with Gasteiger partial charge in [0.05, 0.1) is 6.54 Å². The zero-order valence-corrected chi connectivity index (χ0v) is 14.8. The molecule has 0 radical (unpaired) electrons. The summed E-state index contributed by atoms with van der Waals surface area (Å²) in [7, 11) is 1.88. The topological polar surface area (TPSA) is 32.3 Å². The van der Waals surface area contributed by atoms with Crippen LogP contribution in [0.3, 0.4) is 0 Å². The van der Waals surface area contributed by atoms with E-state index in [0.717, 1.165) is 22.4 Å². The average molecular weight is 328 g/mol. The standard InChI is InChI=1S/C20H25FN2O/c1-14(2)18-7-5-6-15(3)20(18)22-19(24)13-23(4)12-16-8-10-17(21)11-9-16/h5-11,14H,12-13H2,1-4H3,(H,22,24). The molecule has 0 heterocycles. The predicted octanol–water partition coefficient (Wildman–Crippen LogP) is 4.33. The summed E-state index contributed by atoms with van der Waals surface area (Å²) in [4.78, 5) is 14.3. The third-order valence-electron chi connectivity index (χ3n) is 3.97. The summed E-state index contributed by atoms with van der Waals surface area (Å²) >= 11 is 0. The number of anilines is 1. The lowest BCUT2D eigenvalue weighted by molar-refractivity contribution is -0.117. The normalized spacial score (nSPS) is 11.1. The largest absolute Gasteiger partial charge is 0.324 e. The molecule has 0 aliphatic carbocycles. The van der Waals surface area contributed by atoms with Crippen LogP contribution < -0.4 is 5.32 Å². The first-order valence-corrected chi connectivity index (χ1v) is 8.19. The van der Waals surface area contributed by atoms with Crippen LogP contribution in [-0.4, -0.2) is 24.4 Å². The second kappa shape index (κ2) is 8.06. The highest BCUT2D eigenvalue weighted by atomic mass is 19.1. The van der Waals surface area contributed by atoms with E-state index in [9.17, 15) is 9.18 Å². The Morgan fingerprint density at radius 3 is 2.46 bits per heavy atom. The molecule has 128 valence electrons. The van der Waals surface area contributed by atoms with E-state index in [1.165, 1.54) is 12.1 Å². The fraction of sp³-hybridized carbons (Fsp3) is 0.350. The minimum Gasteiger partial charge on any atom is -0.324 e. The van der Waals surface area contributed by atoms with E-state index in [4.69, 9.17) is 0 Å². The van der Waals surface area contributed by atoms with Crippen molar-refractivity contribution in [2.75, 3.05) is 18.9 Å². The Labute approximate surface area is 143 Å². The SMILES string of the molecule is Cc1cccc(C(C)C)c1NC(=O)CN(C)Cc1ccc(F)cc1. The number of rotatable bonds is 6. The smallest absolute Gasteiger partial charge is 0.238 e. The van der Waals surface area contributed by atoms with Crippen LogP contribution in [0.4, 0.5) is 10.1 Å². The molecule has 0 saturated carbocycles. The first-order chi connectivity index (χ1) is 11.4. The molecule has 24 heavy (non-hydrogen) atoms. The molecule has 4 heteroatoms. The third kappa shape index (κ3) is 4.90. The highest BCUT2D eigenvalue weighted by Gasteiger charge is 2.13. The Bertz CT molecular complexity index is 695. The van der Waals surface area contributed by atoms with Crippen molar-refractivity contribution in [1.29, 1.82) is 0 Å². The molecule has 0 atom stereocenters. The molecule has 0 unspecified atom stereocenters. The fourth-order valence-electron chi connectivity index (χ4n) is 2.72. The Morgan fingerprint density at radius 1 is 1.17 bits per heavy atom. The number of para-hydroxylation sites is 1. The van der Waals surface area contributed by atoms with Crippen LogP contribution in [0.25, 0.3) is 0 Å². The number of amides is 1. The molecule has 2 aromatic rings. The van der Waals surface area contributed by atoms with E-state index in [1.807, 2.05) is 31.0 Å². The molecule has 0 saturated heterocycles. The molecule has 2 rings (SSSR count). The number of carbonyl (C=O) groups is 1. The molecule has 0 aliphatic heterocycles. The van der Waals surface area contributed by atoms with Crippen molar-refractivity contribution < 1.29 is 9.18 Å². The number of carbonyl (C=O) groups excluding carboxylic acids is 1. The van der Waals surface area contributed by atoms with Gasteiger partial charge in [0.1, 0.15) is 5.82 Å². The summed E-state index contributed by atoms with van der Waals surface area (Å²) in [6, 6.07) is 12.4. The van der Waals surface area contributed by atoms with Crippen LogP contribution in [-0.2, 0) is 11.3 Å². The lowest BCUT2D eigenvalue weighted by Gasteiger charge is -2.19. The van der Waals surface area contributed by atoms with Gasteiger partial charge in [0.25, 0.3) is 0 Å². The van der Waals surface area contributed by atoms with Gasteiger partial charge in [-0.2, -0.15) is 0 Å².